The Labute approximate surface area is 111 Å². The lowest BCUT2D eigenvalue weighted by atomic mass is 10.1. The van der Waals surface area contributed by atoms with E-state index in [4.69, 9.17) is 0 Å². The van der Waals surface area contributed by atoms with Crippen LogP contribution in [0.15, 0.2) is 47.5 Å². The standard InChI is InChI=1S/C15H15NO3/c1-10(11-5-3-2-4-6-11)16-9-12-7-13(17)8-14(18)15(12)19/h2-10,17-19H,1H3/t10-/m0/s1. The van der Waals surface area contributed by atoms with Gasteiger partial charge in [0, 0.05) is 17.8 Å². The Kier molecular flexibility index (Phi) is 3.71. The monoisotopic (exact) mass is 257 g/mol. The molecule has 4 heteroatoms. The number of hydrogen-bond acceptors (Lipinski definition) is 4. The molecule has 0 unspecified atom stereocenters. The minimum absolute atomic E-state index is 0.0786. The molecule has 0 radical (unpaired) electrons. The quantitative estimate of drug-likeness (QED) is 0.449. The average molecular weight is 257 g/mol. The van der Waals surface area contributed by atoms with Crippen LogP contribution in [0, 0.1) is 0 Å². The van der Waals surface area contributed by atoms with Crippen molar-refractivity contribution < 1.29 is 15.3 Å². The molecule has 0 aliphatic rings. The van der Waals surface area contributed by atoms with E-state index in [1.807, 2.05) is 37.3 Å². The van der Waals surface area contributed by atoms with Crippen LogP contribution in [0.1, 0.15) is 24.1 Å². The Morgan fingerprint density at radius 1 is 1.05 bits per heavy atom. The van der Waals surface area contributed by atoms with E-state index in [-0.39, 0.29) is 28.9 Å². The second kappa shape index (κ2) is 5.44. The summed E-state index contributed by atoms with van der Waals surface area (Å²) in [4.78, 5) is 4.30. The molecule has 3 N–H and O–H groups in total. The fraction of sp³-hybridized carbons (Fsp3) is 0.133. The minimum Gasteiger partial charge on any atom is -0.508 e. The summed E-state index contributed by atoms with van der Waals surface area (Å²) >= 11 is 0. The van der Waals surface area contributed by atoms with Crippen LogP contribution in [0.2, 0.25) is 0 Å². The summed E-state index contributed by atoms with van der Waals surface area (Å²) in [7, 11) is 0. The highest BCUT2D eigenvalue weighted by atomic mass is 16.3. The molecular formula is C15H15NO3. The third kappa shape index (κ3) is 3.04. The van der Waals surface area contributed by atoms with Crippen molar-refractivity contribution in [2.24, 2.45) is 4.99 Å². The van der Waals surface area contributed by atoms with Crippen LogP contribution in [-0.2, 0) is 0 Å². The second-order valence-electron chi connectivity index (χ2n) is 4.27. The molecule has 2 aromatic rings. The van der Waals surface area contributed by atoms with E-state index >= 15 is 0 Å². The summed E-state index contributed by atoms with van der Waals surface area (Å²) in [5.74, 6) is -0.778. The predicted octanol–water partition coefficient (Wildman–Crippen LogP) is 2.98. The molecule has 1 atom stereocenters. The predicted molar refractivity (Wildman–Crippen MR) is 73.9 cm³/mol. The van der Waals surface area contributed by atoms with Crippen LogP contribution >= 0.6 is 0 Å². The molecule has 0 saturated heterocycles. The Morgan fingerprint density at radius 2 is 1.74 bits per heavy atom. The van der Waals surface area contributed by atoms with Crippen LogP contribution < -0.4 is 0 Å². The number of aromatic hydroxyl groups is 3. The van der Waals surface area contributed by atoms with Crippen LogP contribution in [-0.4, -0.2) is 21.5 Å². The molecule has 0 fully saturated rings. The maximum atomic E-state index is 9.65. The zero-order valence-corrected chi connectivity index (χ0v) is 10.5. The maximum absolute atomic E-state index is 9.65. The van der Waals surface area contributed by atoms with E-state index in [0.717, 1.165) is 11.6 Å². The fourth-order valence-electron chi connectivity index (χ4n) is 1.73. The Hall–Kier alpha value is -2.49. The molecule has 0 bridgehead atoms. The lowest BCUT2D eigenvalue weighted by Crippen LogP contribution is -1.91. The molecule has 98 valence electrons. The number of rotatable bonds is 3. The average Bonchev–Trinajstić information content (AvgIpc) is 2.41. The van der Waals surface area contributed by atoms with E-state index in [1.54, 1.807) is 0 Å². The minimum atomic E-state index is -0.367. The highest BCUT2D eigenvalue weighted by Crippen LogP contribution is 2.32. The Balaban J connectivity index is 2.24. The fourth-order valence-corrected chi connectivity index (χ4v) is 1.73. The van der Waals surface area contributed by atoms with Crippen molar-refractivity contribution in [1.82, 2.24) is 0 Å². The van der Waals surface area contributed by atoms with Gasteiger partial charge in [-0.1, -0.05) is 30.3 Å². The maximum Gasteiger partial charge on any atom is 0.166 e. The van der Waals surface area contributed by atoms with Gasteiger partial charge in [0.25, 0.3) is 0 Å². The van der Waals surface area contributed by atoms with Crippen molar-refractivity contribution in [1.29, 1.82) is 0 Å². The van der Waals surface area contributed by atoms with Crippen molar-refractivity contribution in [2.75, 3.05) is 0 Å². The molecule has 0 saturated carbocycles. The first-order valence-corrected chi connectivity index (χ1v) is 5.91. The summed E-state index contributed by atoms with van der Waals surface area (Å²) in [5, 5.41) is 28.4. The topological polar surface area (TPSA) is 73.1 Å². The van der Waals surface area contributed by atoms with Gasteiger partial charge in [0.2, 0.25) is 0 Å². The number of phenolic OH excluding ortho intramolecular Hbond substituents is 3. The van der Waals surface area contributed by atoms with Crippen molar-refractivity contribution in [3.63, 3.8) is 0 Å². The van der Waals surface area contributed by atoms with E-state index in [1.165, 1.54) is 12.3 Å². The summed E-state index contributed by atoms with van der Waals surface area (Å²) in [6.07, 6.45) is 1.44. The van der Waals surface area contributed by atoms with E-state index in [2.05, 4.69) is 4.99 Å². The van der Waals surface area contributed by atoms with Gasteiger partial charge >= 0.3 is 0 Å². The first-order valence-electron chi connectivity index (χ1n) is 5.91. The second-order valence-corrected chi connectivity index (χ2v) is 4.27. The first kappa shape index (κ1) is 13.0. The summed E-state index contributed by atoms with van der Waals surface area (Å²) < 4.78 is 0. The van der Waals surface area contributed by atoms with E-state index < -0.39 is 0 Å². The number of hydrogen-bond donors (Lipinski definition) is 3. The molecular weight excluding hydrogens is 242 g/mol. The normalized spacial score (nSPS) is 12.7. The molecule has 19 heavy (non-hydrogen) atoms. The van der Waals surface area contributed by atoms with E-state index in [9.17, 15) is 15.3 Å². The van der Waals surface area contributed by atoms with Crippen molar-refractivity contribution in [3.8, 4) is 17.2 Å². The third-order valence-electron chi connectivity index (χ3n) is 2.82. The molecule has 2 aromatic carbocycles. The highest BCUT2D eigenvalue weighted by molar-refractivity contribution is 5.85. The van der Waals surface area contributed by atoms with Gasteiger partial charge in [-0.3, -0.25) is 4.99 Å². The zero-order chi connectivity index (χ0) is 13.8. The Bertz CT molecular complexity index is 594. The van der Waals surface area contributed by atoms with Crippen molar-refractivity contribution in [3.05, 3.63) is 53.6 Å². The van der Waals surface area contributed by atoms with Crippen LogP contribution in [0.25, 0.3) is 0 Å². The molecule has 0 amide bonds. The molecule has 0 aliphatic heterocycles. The molecule has 0 heterocycles. The Morgan fingerprint density at radius 3 is 2.42 bits per heavy atom. The number of phenols is 3. The molecule has 0 aliphatic carbocycles. The molecule has 0 aromatic heterocycles. The largest absolute Gasteiger partial charge is 0.508 e. The number of benzene rings is 2. The van der Waals surface area contributed by atoms with Gasteiger partial charge in [0.05, 0.1) is 6.04 Å². The lowest BCUT2D eigenvalue weighted by Gasteiger charge is -2.07. The van der Waals surface area contributed by atoms with Crippen LogP contribution in [0.5, 0.6) is 17.2 Å². The molecule has 4 nitrogen and oxygen atoms in total. The van der Waals surface area contributed by atoms with Gasteiger partial charge in [0.15, 0.2) is 11.5 Å². The zero-order valence-electron chi connectivity index (χ0n) is 10.5. The smallest absolute Gasteiger partial charge is 0.166 e. The molecule has 0 spiro atoms. The van der Waals surface area contributed by atoms with Gasteiger partial charge in [-0.15, -0.1) is 0 Å². The van der Waals surface area contributed by atoms with Crippen molar-refractivity contribution in [2.45, 2.75) is 13.0 Å². The summed E-state index contributed by atoms with van der Waals surface area (Å²) in [5.41, 5.74) is 1.32. The SMILES string of the molecule is C[C@H](N=Cc1cc(O)cc(O)c1O)c1ccccc1. The van der Waals surface area contributed by atoms with Gasteiger partial charge < -0.3 is 15.3 Å². The lowest BCUT2D eigenvalue weighted by molar-refractivity contribution is 0.396. The van der Waals surface area contributed by atoms with Gasteiger partial charge in [-0.2, -0.15) is 0 Å². The summed E-state index contributed by atoms with van der Waals surface area (Å²) in [6, 6.07) is 12.1. The highest BCUT2D eigenvalue weighted by Gasteiger charge is 2.08. The molecule has 2 rings (SSSR count). The first-order chi connectivity index (χ1) is 9.08. The van der Waals surface area contributed by atoms with Gasteiger partial charge in [-0.05, 0) is 18.6 Å². The van der Waals surface area contributed by atoms with E-state index in [0.29, 0.717) is 0 Å². The number of aliphatic imine (C=N–C) groups is 1. The van der Waals surface area contributed by atoms with Crippen LogP contribution in [0.4, 0.5) is 0 Å². The van der Waals surface area contributed by atoms with Crippen LogP contribution in [0.3, 0.4) is 0 Å². The number of nitrogens with zero attached hydrogens (tertiary/aromatic N) is 1. The third-order valence-corrected chi connectivity index (χ3v) is 2.82. The summed E-state index contributed by atoms with van der Waals surface area (Å²) in [6.45, 7) is 1.92. The van der Waals surface area contributed by atoms with Crippen molar-refractivity contribution >= 4 is 6.21 Å². The van der Waals surface area contributed by atoms with Gasteiger partial charge in [0.1, 0.15) is 5.75 Å². The van der Waals surface area contributed by atoms with Gasteiger partial charge in [-0.25, -0.2) is 0 Å².